The second-order valence-corrected chi connectivity index (χ2v) is 7.37. The van der Waals surface area contributed by atoms with Gasteiger partial charge in [0.2, 0.25) is 0 Å². The van der Waals surface area contributed by atoms with Crippen molar-refractivity contribution in [3.8, 4) is 0 Å². The summed E-state index contributed by atoms with van der Waals surface area (Å²) in [6.07, 6.45) is 4.51. The van der Waals surface area contributed by atoms with Crippen LogP contribution in [0.1, 0.15) is 31.6 Å². The molecule has 0 radical (unpaired) electrons. The fraction of sp³-hybridized carbons (Fsp3) is 0.800. The number of nitrogens with zero attached hydrogens (tertiary/aromatic N) is 3. The van der Waals surface area contributed by atoms with Crippen molar-refractivity contribution in [2.24, 2.45) is 5.92 Å². The molecule has 0 atom stereocenters. The minimum absolute atomic E-state index is 0.647. The third-order valence-corrected chi connectivity index (χ3v) is 5.02. The Morgan fingerprint density at radius 2 is 2.15 bits per heavy atom. The van der Waals surface area contributed by atoms with Crippen LogP contribution in [0, 0.1) is 5.92 Å². The topological polar surface area (TPSA) is 31.4 Å². The molecular formula is C15H28N4S. The fourth-order valence-electron chi connectivity index (χ4n) is 2.56. The summed E-state index contributed by atoms with van der Waals surface area (Å²) in [4.78, 5) is 10.7. The van der Waals surface area contributed by atoms with Gasteiger partial charge in [-0.15, -0.1) is 11.3 Å². The van der Waals surface area contributed by atoms with Crippen molar-refractivity contribution in [2.75, 3.05) is 38.6 Å². The van der Waals surface area contributed by atoms with E-state index in [0.29, 0.717) is 12.0 Å². The lowest BCUT2D eigenvalue weighted by molar-refractivity contribution is 0.253. The molecule has 0 unspecified atom stereocenters. The Labute approximate surface area is 127 Å². The van der Waals surface area contributed by atoms with Gasteiger partial charge in [-0.1, -0.05) is 13.8 Å². The van der Waals surface area contributed by atoms with Crippen LogP contribution in [0.25, 0.3) is 0 Å². The highest BCUT2D eigenvalue weighted by molar-refractivity contribution is 7.15. The van der Waals surface area contributed by atoms with E-state index in [0.717, 1.165) is 13.1 Å². The van der Waals surface area contributed by atoms with Gasteiger partial charge in [-0.25, -0.2) is 4.98 Å². The van der Waals surface area contributed by atoms with E-state index in [1.807, 2.05) is 17.5 Å². The van der Waals surface area contributed by atoms with Crippen molar-refractivity contribution >= 4 is 16.5 Å². The van der Waals surface area contributed by atoms with Crippen molar-refractivity contribution in [2.45, 2.75) is 39.3 Å². The van der Waals surface area contributed by atoms with Gasteiger partial charge in [0.15, 0.2) is 5.13 Å². The van der Waals surface area contributed by atoms with Crippen LogP contribution in [-0.4, -0.2) is 49.7 Å². The maximum Gasteiger partial charge on any atom is 0.185 e. The summed E-state index contributed by atoms with van der Waals surface area (Å²) < 4.78 is 0. The number of thiazole rings is 1. The first kappa shape index (κ1) is 15.7. The molecule has 1 fully saturated rings. The molecule has 20 heavy (non-hydrogen) atoms. The molecule has 5 heteroatoms. The number of anilines is 1. The number of piperidine rings is 1. The zero-order valence-corrected chi connectivity index (χ0v) is 14.0. The van der Waals surface area contributed by atoms with Crippen LogP contribution in [0.4, 0.5) is 5.13 Å². The molecule has 1 aliphatic rings. The second kappa shape index (κ2) is 7.38. The highest BCUT2D eigenvalue weighted by atomic mass is 32.1. The van der Waals surface area contributed by atoms with Gasteiger partial charge < -0.3 is 15.1 Å². The predicted octanol–water partition coefficient (Wildman–Crippen LogP) is 2.42. The van der Waals surface area contributed by atoms with Crippen LogP contribution in [0.2, 0.25) is 0 Å². The van der Waals surface area contributed by atoms with Crippen LogP contribution < -0.4 is 10.2 Å². The Bertz CT molecular complexity index is 396. The molecule has 1 aliphatic heterocycles. The van der Waals surface area contributed by atoms with Crippen molar-refractivity contribution in [3.63, 3.8) is 0 Å². The molecule has 0 aromatic carbocycles. The standard InChI is InChI=1S/C15H28N4S/c1-12(2)9-16-10-14-11-17-15(20-14)19(4)13-5-7-18(3)8-6-13/h11-13,16H,5-10H2,1-4H3. The smallest absolute Gasteiger partial charge is 0.185 e. The summed E-state index contributed by atoms with van der Waals surface area (Å²) in [7, 11) is 4.40. The molecular weight excluding hydrogens is 268 g/mol. The quantitative estimate of drug-likeness (QED) is 0.873. The minimum atomic E-state index is 0.647. The van der Waals surface area contributed by atoms with Gasteiger partial charge in [-0.05, 0) is 45.4 Å². The number of likely N-dealkylation sites (tertiary alicyclic amines) is 1. The summed E-state index contributed by atoms with van der Waals surface area (Å²) in [6, 6.07) is 0.647. The van der Waals surface area contributed by atoms with Crippen molar-refractivity contribution in [1.82, 2.24) is 15.2 Å². The lowest BCUT2D eigenvalue weighted by atomic mass is 10.0. The van der Waals surface area contributed by atoms with E-state index < -0.39 is 0 Å². The molecule has 114 valence electrons. The SMILES string of the molecule is CC(C)CNCc1cnc(N(C)C2CCN(C)CC2)s1. The zero-order chi connectivity index (χ0) is 14.5. The first-order chi connectivity index (χ1) is 9.56. The third-order valence-electron chi connectivity index (χ3n) is 3.93. The van der Waals surface area contributed by atoms with Gasteiger partial charge in [0, 0.05) is 30.7 Å². The lowest BCUT2D eigenvalue weighted by Crippen LogP contribution is -2.41. The van der Waals surface area contributed by atoms with Gasteiger partial charge in [-0.2, -0.15) is 0 Å². The van der Waals surface area contributed by atoms with E-state index >= 15 is 0 Å². The van der Waals surface area contributed by atoms with Gasteiger partial charge in [0.1, 0.15) is 0 Å². The van der Waals surface area contributed by atoms with Crippen LogP contribution >= 0.6 is 11.3 Å². The number of hydrogen-bond donors (Lipinski definition) is 1. The van der Waals surface area contributed by atoms with Crippen LogP contribution in [0.3, 0.4) is 0 Å². The van der Waals surface area contributed by atoms with Crippen molar-refractivity contribution < 1.29 is 0 Å². The number of hydrogen-bond acceptors (Lipinski definition) is 5. The Morgan fingerprint density at radius 3 is 2.80 bits per heavy atom. The highest BCUT2D eigenvalue weighted by Crippen LogP contribution is 2.26. The van der Waals surface area contributed by atoms with Crippen molar-refractivity contribution in [1.29, 1.82) is 0 Å². The first-order valence-electron chi connectivity index (χ1n) is 7.63. The molecule has 1 saturated heterocycles. The average Bonchev–Trinajstić information content (AvgIpc) is 2.87. The monoisotopic (exact) mass is 296 g/mol. The summed E-state index contributed by atoms with van der Waals surface area (Å²) >= 11 is 1.83. The molecule has 0 aliphatic carbocycles. The lowest BCUT2D eigenvalue weighted by Gasteiger charge is -2.34. The molecule has 2 heterocycles. The number of aromatic nitrogens is 1. The molecule has 4 nitrogen and oxygen atoms in total. The molecule has 1 aromatic rings. The van der Waals surface area contributed by atoms with E-state index in [9.17, 15) is 0 Å². The van der Waals surface area contributed by atoms with Crippen molar-refractivity contribution in [3.05, 3.63) is 11.1 Å². The molecule has 0 bridgehead atoms. The fourth-order valence-corrected chi connectivity index (χ4v) is 3.48. The van der Waals surface area contributed by atoms with Crippen LogP contribution in [-0.2, 0) is 6.54 Å². The molecule has 1 N–H and O–H groups in total. The third kappa shape index (κ3) is 4.43. The summed E-state index contributed by atoms with van der Waals surface area (Å²) in [5, 5.41) is 4.65. The number of nitrogens with one attached hydrogen (secondary N) is 1. The maximum atomic E-state index is 4.60. The highest BCUT2D eigenvalue weighted by Gasteiger charge is 2.22. The maximum absolute atomic E-state index is 4.60. The molecule has 0 saturated carbocycles. The Morgan fingerprint density at radius 1 is 1.45 bits per heavy atom. The van der Waals surface area contributed by atoms with Crippen LogP contribution in [0.15, 0.2) is 6.20 Å². The molecule has 2 rings (SSSR count). The molecule has 0 spiro atoms. The van der Waals surface area contributed by atoms with Gasteiger partial charge in [0.05, 0.1) is 0 Å². The summed E-state index contributed by atoms with van der Waals surface area (Å²) in [5.74, 6) is 0.698. The van der Waals surface area contributed by atoms with E-state index in [4.69, 9.17) is 0 Å². The summed E-state index contributed by atoms with van der Waals surface area (Å²) in [6.45, 7) is 8.87. The average molecular weight is 296 g/mol. The molecule has 1 aromatic heterocycles. The van der Waals surface area contributed by atoms with E-state index in [1.165, 1.54) is 35.9 Å². The summed E-state index contributed by atoms with van der Waals surface area (Å²) in [5.41, 5.74) is 0. The second-order valence-electron chi connectivity index (χ2n) is 6.28. The normalized spacial score (nSPS) is 17.9. The minimum Gasteiger partial charge on any atom is -0.348 e. The molecule has 0 amide bonds. The Hall–Kier alpha value is -0.650. The Kier molecular flexibility index (Phi) is 5.81. The zero-order valence-electron chi connectivity index (χ0n) is 13.2. The van der Waals surface area contributed by atoms with E-state index in [1.54, 1.807) is 0 Å². The van der Waals surface area contributed by atoms with E-state index in [2.05, 4.69) is 48.0 Å². The van der Waals surface area contributed by atoms with Gasteiger partial charge in [-0.3, -0.25) is 0 Å². The predicted molar refractivity (Wildman–Crippen MR) is 87.6 cm³/mol. The number of rotatable bonds is 6. The largest absolute Gasteiger partial charge is 0.348 e. The van der Waals surface area contributed by atoms with E-state index in [-0.39, 0.29) is 0 Å². The Balaban J connectivity index is 1.84. The first-order valence-corrected chi connectivity index (χ1v) is 8.44. The van der Waals surface area contributed by atoms with Crippen LogP contribution in [0.5, 0.6) is 0 Å². The van der Waals surface area contributed by atoms with Gasteiger partial charge >= 0.3 is 0 Å². The van der Waals surface area contributed by atoms with Gasteiger partial charge in [0.25, 0.3) is 0 Å².